The molecule has 1 heterocycles. The molecule has 100 valence electrons. The molecule has 0 radical (unpaired) electrons. The maximum absolute atomic E-state index is 11.4. The molecule has 1 aromatic heterocycles. The lowest BCUT2D eigenvalue weighted by atomic mass is 10.2. The molecule has 0 aliphatic heterocycles. The third-order valence-corrected chi connectivity index (χ3v) is 2.81. The lowest BCUT2D eigenvalue weighted by molar-refractivity contribution is -0.119. The average molecular weight is 271 g/mol. The van der Waals surface area contributed by atoms with E-state index in [-0.39, 0.29) is 18.1 Å². The average Bonchev–Trinajstić information content (AvgIpc) is 2.81. The molecule has 0 aliphatic rings. The van der Waals surface area contributed by atoms with Crippen LogP contribution in [0.3, 0.4) is 0 Å². The standard InChI is InChI=1S/C11H17N3O3S/c1-7(2)4-12-9(15)5-13-11-14-8(6-18-11)10(16)17-3/h6-7H,4-5H2,1-3H3,(H,12,15)(H,13,14). The number of hydrogen-bond acceptors (Lipinski definition) is 6. The van der Waals surface area contributed by atoms with Crippen molar-refractivity contribution in [1.82, 2.24) is 10.3 Å². The van der Waals surface area contributed by atoms with Gasteiger partial charge in [-0.3, -0.25) is 4.79 Å². The second-order valence-electron chi connectivity index (χ2n) is 4.08. The van der Waals surface area contributed by atoms with Crippen LogP contribution in [0.5, 0.6) is 0 Å². The Kier molecular flexibility index (Phi) is 5.57. The highest BCUT2D eigenvalue weighted by atomic mass is 32.1. The molecule has 1 amide bonds. The summed E-state index contributed by atoms with van der Waals surface area (Å²) in [6.07, 6.45) is 0. The first-order valence-corrected chi connectivity index (χ1v) is 6.45. The van der Waals surface area contributed by atoms with Crippen LogP contribution < -0.4 is 10.6 Å². The van der Waals surface area contributed by atoms with E-state index in [4.69, 9.17) is 0 Å². The molecule has 0 unspecified atom stereocenters. The number of nitrogens with one attached hydrogen (secondary N) is 2. The van der Waals surface area contributed by atoms with Gasteiger partial charge >= 0.3 is 5.97 Å². The summed E-state index contributed by atoms with van der Waals surface area (Å²) >= 11 is 1.26. The monoisotopic (exact) mass is 271 g/mol. The Labute approximate surface area is 110 Å². The molecule has 0 fully saturated rings. The first kappa shape index (κ1) is 14.4. The summed E-state index contributed by atoms with van der Waals surface area (Å²) < 4.78 is 4.54. The number of amides is 1. The number of carbonyl (C=O) groups excluding carboxylic acids is 2. The Morgan fingerprint density at radius 1 is 1.50 bits per heavy atom. The highest BCUT2D eigenvalue weighted by molar-refractivity contribution is 7.13. The van der Waals surface area contributed by atoms with E-state index in [1.54, 1.807) is 5.38 Å². The summed E-state index contributed by atoms with van der Waals surface area (Å²) in [5, 5.41) is 7.74. The van der Waals surface area contributed by atoms with Gasteiger partial charge in [0.2, 0.25) is 5.91 Å². The van der Waals surface area contributed by atoms with Crippen molar-refractivity contribution in [2.75, 3.05) is 25.5 Å². The molecule has 1 aromatic rings. The Balaban J connectivity index is 2.37. The van der Waals surface area contributed by atoms with E-state index in [1.807, 2.05) is 13.8 Å². The van der Waals surface area contributed by atoms with Crippen molar-refractivity contribution in [2.45, 2.75) is 13.8 Å². The van der Waals surface area contributed by atoms with Crippen LogP contribution in [0.1, 0.15) is 24.3 Å². The zero-order chi connectivity index (χ0) is 13.5. The van der Waals surface area contributed by atoms with E-state index in [0.717, 1.165) is 0 Å². The minimum absolute atomic E-state index is 0.0986. The summed E-state index contributed by atoms with van der Waals surface area (Å²) in [7, 11) is 1.30. The summed E-state index contributed by atoms with van der Waals surface area (Å²) in [6, 6.07) is 0. The number of carbonyl (C=O) groups is 2. The number of hydrogen-bond donors (Lipinski definition) is 2. The molecule has 0 aliphatic carbocycles. The van der Waals surface area contributed by atoms with Gasteiger partial charge in [-0.15, -0.1) is 11.3 Å². The lowest BCUT2D eigenvalue weighted by Crippen LogP contribution is -2.32. The van der Waals surface area contributed by atoms with Crippen LogP contribution in [0.4, 0.5) is 5.13 Å². The van der Waals surface area contributed by atoms with Crippen LogP contribution in [0, 0.1) is 5.92 Å². The van der Waals surface area contributed by atoms with E-state index in [1.165, 1.54) is 18.4 Å². The van der Waals surface area contributed by atoms with Crippen LogP contribution >= 0.6 is 11.3 Å². The Bertz CT molecular complexity index is 417. The predicted molar refractivity (Wildman–Crippen MR) is 69.8 cm³/mol. The van der Waals surface area contributed by atoms with E-state index in [2.05, 4.69) is 20.4 Å². The van der Waals surface area contributed by atoms with Gasteiger partial charge in [-0.25, -0.2) is 9.78 Å². The largest absolute Gasteiger partial charge is 0.464 e. The molecular formula is C11H17N3O3S. The molecule has 18 heavy (non-hydrogen) atoms. The SMILES string of the molecule is COC(=O)c1csc(NCC(=O)NCC(C)C)n1. The van der Waals surface area contributed by atoms with Gasteiger partial charge < -0.3 is 15.4 Å². The molecular weight excluding hydrogens is 254 g/mol. The number of rotatable bonds is 6. The number of thiazole rings is 1. The highest BCUT2D eigenvalue weighted by Crippen LogP contribution is 2.15. The van der Waals surface area contributed by atoms with Crippen molar-refractivity contribution in [2.24, 2.45) is 5.92 Å². The maximum Gasteiger partial charge on any atom is 0.357 e. The molecule has 0 spiro atoms. The normalized spacial score (nSPS) is 10.2. The van der Waals surface area contributed by atoms with Gasteiger partial charge in [0.25, 0.3) is 0 Å². The van der Waals surface area contributed by atoms with Crippen molar-refractivity contribution < 1.29 is 14.3 Å². The van der Waals surface area contributed by atoms with Crippen molar-refractivity contribution in [3.8, 4) is 0 Å². The molecule has 7 heteroatoms. The van der Waals surface area contributed by atoms with E-state index in [0.29, 0.717) is 17.6 Å². The number of methoxy groups -OCH3 is 1. The molecule has 6 nitrogen and oxygen atoms in total. The van der Waals surface area contributed by atoms with E-state index >= 15 is 0 Å². The third-order valence-electron chi connectivity index (χ3n) is 2.01. The van der Waals surface area contributed by atoms with Crippen molar-refractivity contribution >= 4 is 28.3 Å². The first-order valence-electron chi connectivity index (χ1n) is 5.57. The molecule has 1 rings (SSSR count). The second-order valence-corrected chi connectivity index (χ2v) is 4.94. The Morgan fingerprint density at radius 3 is 2.83 bits per heavy atom. The van der Waals surface area contributed by atoms with Gasteiger partial charge in [-0.2, -0.15) is 0 Å². The highest BCUT2D eigenvalue weighted by Gasteiger charge is 2.11. The first-order chi connectivity index (χ1) is 8.52. The number of anilines is 1. The topological polar surface area (TPSA) is 80.3 Å². The van der Waals surface area contributed by atoms with Crippen LogP contribution in [0.2, 0.25) is 0 Å². The number of aromatic nitrogens is 1. The van der Waals surface area contributed by atoms with Gasteiger partial charge in [0.05, 0.1) is 13.7 Å². The fourth-order valence-corrected chi connectivity index (χ4v) is 1.77. The van der Waals surface area contributed by atoms with Gasteiger partial charge in [-0.05, 0) is 5.92 Å². The third kappa shape index (κ3) is 4.70. The zero-order valence-corrected chi connectivity index (χ0v) is 11.5. The summed E-state index contributed by atoms with van der Waals surface area (Å²) in [5.41, 5.74) is 0.243. The van der Waals surface area contributed by atoms with Crippen molar-refractivity contribution in [1.29, 1.82) is 0 Å². The van der Waals surface area contributed by atoms with Crippen LogP contribution in [-0.2, 0) is 9.53 Å². The molecule has 0 saturated heterocycles. The lowest BCUT2D eigenvalue weighted by Gasteiger charge is -2.07. The van der Waals surface area contributed by atoms with Gasteiger partial charge in [0.1, 0.15) is 0 Å². The summed E-state index contributed by atoms with van der Waals surface area (Å²) in [6.45, 7) is 4.83. The van der Waals surface area contributed by atoms with E-state index < -0.39 is 5.97 Å². The number of ether oxygens (including phenoxy) is 1. The summed E-state index contributed by atoms with van der Waals surface area (Å²) in [4.78, 5) is 26.6. The molecule has 0 atom stereocenters. The predicted octanol–water partition coefficient (Wildman–Crippen LogP) is 1.11. The molecule has 0 bridgehead atoms. The summed E-state index contributed by atoms with van der Waals surface area (Å²) in [5.74, 6) is -0.165. The number of esters is 1. The van der Waals surface area contributed by atoms with Crippen LogP contribution in [-0.4, -0.2) is 37.1 Å². The maximum atomic E-state index is 11.4. The van der Waals surface area contributed by atoms with Crippen LogP contribution in [0.25, 0.3) is 0 Å². The second kappa shape index (κ2) is 6.95. The minimum atomic E-state index is -0.483. The minimum Gasteiger partial charge on any atom is -0.464 e. The fourth-order valence-electron chi connectivity index (χ4n) is 1.09. The molecule has 0 aromatic carbocycles. The quantitative estimate of drug-likeness (QED) is 0.758. The zero-order valence-electron chi connectivity index (χ0n) is 10.6. The fraction of sp³-hybridized carbons (Fsp3) is 0.545. The van der Waals surface area contributed by atoms with Crippen LogP contribution in [0.15, 0.2) is 5.38 Å². The van der Waals surface area contributed by atoms with Gasteiger partial charge in [-0.1, -0.05) is 13.8 Å². The Morgan fingerprint density at radius 2 is 2.22 bits per heavy atom. The van der Waals surface area contributed by atoms with Gasteiger partial charge in [0, 0.05) is 11.9 Å². The van der Waals surface area contributed by atoms with E-state index in [9.17, 15) is 9.59 Å². The smallest absolute Gasteiger partial charge is 0.357 e. The number of nitrogens with zero attached hydrogens (tertiary/aromatic N) is 1. The van der Waals surface area contributed by atoms with Crippen molar-refractivity contribution in [3.63, 3.8) is 0 Å². The Hall–Kier alpha value is -1.63. The molecule has 0 saturated carbocycles. The van der Waals surface area contributed by atoms with Crippen molar-refractivity contribution in [3.05, 3.63) is 11.1 Å². The van der Waals surface area contributed by atoms with Gasteiger partial charge in [0.15, 0.2) is 10.8 Å². The molecule has 2 N–H and O–H groups in total.